The van der Waals surface area contributed by atoms with Crippen molar-refractivity contribution in [3.05, 3.63) is 66.4 Å². The van der Waals surface area contributed by atoms with Gasteiger partial charge in [0, 0.05) is 48.6 Å². The summed E-state index contributed by atoms with van der Waals surface area (Å²) >= 11 is 0. The Balaban J connectivity index is 1.31. The number of rotatable bonds is 6. The molecule has 1 N–H and O–H groups in total. The highest BCUT2D eigenvalue weighted by atomic mass is 16.2. The second kappa shape index (κ2) is 8.31. The number of hydrazone groups is 1. The van der Waals surface area contributed by atoms with Gasteiger partial charge in [-0.25, -0.2) is 5.01 Å². The summed E-state index contributed by atoms with van der Waals surface area (Å²) in [6.07, 6.45) is 3.06. The molecule has 1 aliphatic rings. The van der Waals surface area contributed by atoms with Crippen molar-refractivity contribution < 1.29 is 9.59 Å². The Labute approximate surface area is 169 Å². The van der Waals surface area contributed by atoms with E-state index in [0.717, 1.165) is 40.8 Å². The van der Waals surface area contributed by atoms with Crippen LogP contribution in [0.15, 0.2) is 65.9 Å². The largest absolute Gasteiger partial charge is 0.348 e. The molecule has 148 valence electrons. The van der Waals surface area contributed by atoms with Gasteiger partial charge in [-0.05, 0) is 36.8 Å². The summed E-state index contributed by atoms with van der Waals surface area (Å²) < 4.78 is 2.15. The molecule has 0 bridgehead atoms. The SMILES string of the molecule is CCn1ccc2cc(NC(=O)CCC(=O)N3CCC(c4ccccc4)=N3)ccc21. The molecule has 0 fully saturated rings. The minimum Gasteiger partial charge on any atom is -0.348 e. The van der Waals surface area contributed by atoms with Crippen molar-refractivity contribution >= 4 is 34.1 Å². The van der Waals surface area contributed by atoms with Gasteiger partial charge in [-0.15, -0.1) is 0 Å². The summed E-state index contributed by atoms with van der Waals surface area (Å²) in [6, 6.07) is 17.7. The summed E-state index contributed by atoms with van der Waals surface area (Å²) in [6.45, 7) is 3.57. The zero-order valence-electron chi connectivity index (χ0n) is 16.5. The van der Waals surface area contributed by atoms with E-state index in [-0.39, 0.29) is 24.7 Å². The van der Waals surface area contributed by atoms with Gasteiger partial charge in [-0.1, -0.05) is 30.3 Å². The summed E-state index contributed by atoms with van der Waals surface area (Å²) in [5.74, 6) is -0.291. The monoisotopic (exact) mass is 388 g/mol. The molecule has 0 saturated carbocycles. The van der Waals surface area contributed by atoms with Crippen LogP contribution in [0.3, 0.4) is 0 Å². The maximum absolute atomic E-state index is 12.4. The summed E-state index contributed by atoms with van der Waals surface area (Å²) in [7, 11) is 0. The molecule has 6 heteroatoms. The molecule has 0 atom stereocenters. The molecule has 29 heavy (non-hydrogen) atoms. The lowest BCUT2D eigenvalue weighted by Gasteiger charge is -2.11. The highest BCUT2D eigenvalue weighted by molar-refractivity contribution is 6.03. The minimum atomic E-state index is -0.168. The van der Waals surface area contributed by atoms with Crippen LogP contribution in [0.25, 0.3) is 10.9 Å². The van der Waals surface area contributed by atoms with Crippen molar-refractivity contribution in [2.24, 2.45) is 5.10 Å². The van der Waals surface area contributed by atoms with Crippen LogP contribution in [0, 0.1) is 0 Å². The second-order valence-electron chi connectivity index (χ2n) is 7.10. The number of carbonyl (C=O) groups is 2. The van der Waals surface area contributed by atoms with Crippen LogP contribution >= 0.6 is 0 Å². The number of hydrogen-bond acceptors (Lipinski definition) is 3. The topological polar surface area (TPSA) is 66.7 Å². The van der Waals surface area contributed by atoms with E-state index < -0.39 is 0 Å². The second-order valence-corrected chi connectivity index (χ2v) is 7.10. The molecule has 2 heterocycles. The molecule has 1 aliphatic heterocycles. The zero-order valence-corrected chi connectivity index (χ0v) is 16.5. The molecule has 4 rings (SSSR count). The number of carbonyl (C=O) groups excluding carboxylic acids is 2. The maximum Gasteiger partial charge on any atom is 0.243 e. The lowest BCUT2D eigenvalue weighted by molar-refractivity contribution is -0.132. The quantitative estimate of drug-likeness (QED) is 0.693. The summed E-state index contributed by atoms with van der Waals surface area (Å²) in [5.41, 5.74) is 3.83. The summed E-state index contributed by atoms with van der Waals surface area (Å²) in [5, 5.41) is 9.88. The van der Waals surface area contributed by atoms with Crippen LogP contribution in [0.4, 0.5) is 5.69 Å². The molecule has 2 amide bonds. The highest BCUT2D eigenvalue weighted by Gasteiger charge is 2.21. The van der Waals surface area contributed by atoms with E-state index in [9.17, 15) is 9.59 Å². The van der Waals surface area contributed by atoms with E-state index >= 15 is 0 Å². The number of nitrogens with one attached hydrogen (secondary N) is 1. The third-order valence-electron chi connectivity index (χ3n) is 5.16. The molecule has 0 saturated heterocycles. The van der Waals surface area contributed by atoms with E-state index in [4.69, 9.17) is 0 Å². The molecule has 6 nitrogen and oxygen atoms in total. The first-order chi connectivity index (χ1) is 14.1. The van der Waals surface area contributed by atoms with Crippen LogP contribution < -0.4 is 5.32 Å². The van der Waals surface area contributed by atoms with Gasteiger partial charge in [-0.3, -0.25) is 9.59 Å². The molecule has 0 aliphatic carbocycles. The van der Waals surface area contributed by atoms with Gasteiger partial charge in [0.1, 0.15) is 0 Å². The van der Waals surface area contributed by atoms with Gasteiger partial charge in [0.25, 0.3) is 0 Å². The normalized spacial score (nSPS) is 13.6. The smallest absolute Gasteiger partial charge is 0.243 e. The first-order valence-corrected chi connectivity index (χ1v) is 9.96. The van der Waals surface area contributed by atoms with Gasteiger partial charge in [0.15, 0.2) is 0 Å². The molecule has 1 aromatic heterocycles. The molecule has 2 aromatic carbocycles. The highest BCUT2D eigenvalue weighted by Crippen LogP contribution is 2.21. The fourth-order valence-corrected chi connectivity index (χ4v) is 3.60. The van der Waals surface area contributed by atoms with Crippen molar-refractivity contribution in [3.8, 4) is 0 Å². The number of aryl methyl sites for hydroxylation is 1. The van der Waals surface area contributed by atoms with Crippen molar-refractivity contribution in [2.75, 3.05) is 11.9 Å². The Kier molecular flexibility index (Phi) is 5.42. The number of benzene rings is 2. The molecular formula is C23H24N4O2. The standard InChI is InChI=1S/C23H24N4O2/c1-2-26-14-12-18-16-19(8-9-21(18)26)24-22(28)10-11-23(29)27-15-13-20(25-27)17-6-4-3-5-7-17/h3-9,12,14,16H,2,10-11,13,15H2,1H3,(H,24,28). The maximum atomic E-state index is 12.4. The number of amides is 2. The van der Waals surface area contributed by atoms with Crippen LogP contribution in [0.2, 0.25) is 0 Å². The van der Waals surface area contributed by atoms with Crippen LogP contribution in [0.1, 0.15) is 31.7 Å². The van der Waals surface area contributed by atoms with Gasteiger partial charge in [0.2, 0.25) is 11.8 Å². The predicted octanol–water partition coefficient (Wildman–Crippen LogP) is 4.02. The van der Waals surface area contributed by atoms with Crippen LogP contribution in [0.5, 0.6) is 0 Å². The lowest BCUT2D eigenvalue weighted by Crippen LogP contribution is -2.24. The molecular weight excluding hydrogens is 364 g/mol. The van der Waals surface area contributed by atoms with Crippen molar-refractivity contribution in [3.63, 3.8) is 0 Å². The average molecular weight is 388 g/mol. The first-order valence-electron chi connectivity index (χ1n) is 9.96. The van der Waals surface area contributed by atoms with Gasteiger partial charge < -0.3 is 9.88 Å². The summed E-state index contributed by atoms with van der Waals surface area (Å²) in [4.78, 5) is 24.7. The minimum absolute atomic E-state index is 0.124. The third kappa shape index (κ3) is 4.21. The Morgan fingerprint density at radius 2 is 1.90 bits per heavy atom. The Hall–Kier alpha value is -3.41. The number of fused-ring (bicyclic) bond motifs is 1. The van der Waals surface area contributed by atoms with E-state index in [1.54, 1.807) is 0 Å². The van der Waals surface area contributed by atoms with Crippen LogP contribution in [-0.4, -0.2) is 33.6 Å². The van der Waals surface area contributed by atoms with E-state index in [0.29, 0.717) is 6.54 Å². The molecule has 0 spiro atoms. The molecule has 0 unspecified atom stereocenters. The molecule has 0 radical (unpaired) electrons. The van der Waals surface area contributed by atoms with E-state index in [1.165, 1.54) is 5.01 Å². The van der Waals surface area contributed by atoms with Gasteiger partial charge in [-0.2, -0.15) is 5.10 Å². The number of nitrogens with zero attached hydrogens (tertiary/aromatic N) is 3. The Morgan fingerprint density at radius 1 is 1.07 bits per heavy atom. The van der Waals surface area contributed by atoms with Crippen molar-refractivity contribution in [1.29, 1.82) is 0 Å². The number of aromatic nitrogens is 1. The van der Waals surface area contributed by atoms with Crippen molar-refractivity contribution in [2.45, 2.75) is 32.7 Å². The predicted molar refractivity (Wildman–Crippen MR) is 115 cm³/mol. The number of anilines is 1. The average Bonchev–Trinajstić information content (AvgIpc) is 3.39. The lowest BCUT2D eigenvalue weighted by atomic mass is 10.1. The van der Waals surface area contributed by atoms with Gasteiger partial charge in [0.05, 0.1) is 12.3 Å². The van der Waals surface area contributed by atoms with E-state index in [1.807, 2.05) is 60.8 Å². The third-order valence-corrected chi connectivity index (χ3v) is 5.16. The molecule has 3 aromatic rings. The van der Waals surface area contributed by atoms with Crippen molar-refractivity contribution in [1.82, 2.24) is 9.58 Å². The first kappa shape index (κ1) is 18.9. The fourth-order valence-electron chi connectivity index (χ4n) is 3.60. The van der Waals surface area contributed by atoms with Gasteiger partial charge >= 0.3 is 0 Å². The fraction of sp³-hybridized carbons (Fsp3) is 0.261. The Morgan fingerprint density at radius 3 is 2.69 bits per heavy atom. The zero-order chi connectivity index (χ0) is 20.2. The number of hydrogen-bond donors (Lipinski definition) is 1. The Bertz CT molecular complexity index is 1070. The van der Waals surface area contributed by atoms with Crippen LogP contribution in [-0.2, 0) is 16.1 Å². The van der Waals surface area contributed by atoms with E-state index in [2.05, 4.69) is 21.9 Å².